The highest BCUT2D eigenvalue weighted by atomic mass is 16.3. The molecule has 0 saturated heterocycles. The quantitative estimate of drug-likeness (QED) is 0.797. The summed E-state index contributed by atoms with van der Waals surface area (Å²) in [6.07, 6.45) is 6.91. The van der Waals surface area contributed by atoms with E-state index in [-0.39, 0.29) is 6.10 Å². The van der Waals surface area contributed by atoms with Crippen LogP contribution in [0.1, 0.15) is 38.5 Å². The normalized spacial score (nSPS) is 52.4. The van der Waals surface area contributed by atoms with Gasteiger partial charge in [0.1, 0.15) is 0 Å². The minimum Gasteiger partial charge on any atom is -0.393 e. The topological polar surface area (TPSA) is 49.3 Å². The van der Waals surface area contributed by atoms with Gasteiger partial charge in [-0.25, -0.2) is 0 Å². The predicted octanol–water partition coefficient (Wildman–Crippen LogP) is 1.56. The van der Waals surface area contributed by atoms with Crippen molar-refractivity contribution in [3.63, 3.8) is 0 Å². The van der Waals surface area contributed by atoms with Crippen LogP contribution in [-0.2, 0) is 4.79 Å². The number of rotatable bonds is 3. The summed E-state index contributed by atoms with van der Waals surface area (Å²) < 4.78 is 0. The summed E-state index contributed by atoms with van der Waals surface area (Å²) in [6, 6.07) is 0. The Morgan fingerprint density at radius 2 is 1.78 bits per heavy atom. The average molecular weight is 249 g/mol. The van der Waals surface area contributed by atoms with Crippen LogP contribution in [0.4, 0.5) is 0 Å². The van der Waals surface area contributed by atoms with E-state index in [1.165, 1.54) is 19.3 Å². The van der Waals surface area contributed by atoms with Gasteiger partial charge in [-0.1, -0.05) is 0 Å². The first-order valence-electron chi connectivity index (χ1n) is 7.70. The van der Waals surface area contributed by atoms with E-state index < -0.39 is 0 Å². The van der Waals surface area contributed by atoms with Crippen LogP contribution in [0.15, 0.2) is 0 Å². The Balaban J connectivity index is 1.28. The van der Waals surface area contributed by atoms with Gasteiger partial charge in [-0.15, -0.1) is 0 Å². The number of nitrogens with one attached hydrogen (secondary N) is 1. The van der Waals surface area contributed by atoms with Gasteiger partial charge in [-0.05, 0) is 68.1 Å². The van der Waals surface area contributed by atoms with Crippen LogP contribution in [-0.4, -0.2) is 23.7 Å². The number of fused-ring (bicyclic) bond motifs is 5. The molecule has 1 amide bonds. The molecule has 6 atom stereocenters. The fourth-order valence-corrected chi connectivity index (χ4v) is 5.27. The van der Waals surface area contributed by atoms with Crippen molar-refractivity contribution >= 4 is 5.91 Å². The van der Waals surface area contributed by atoms with Gasteiger partial charge in [0, 0.05) is 12.5 Å². The van der Waals surface area contributed by atoms with Crippen LogP contribution >= 0.6 is 0 Å². The molecule has 2 bridgehead atoms. The molecule has 0 heterocycles. The van der Waals surface area contributed by atoms with E-state index in [0.717, 1.165) is 49.5 Å². The average Bonchev–Trinajstić information content (AvgIpc) is 2.69. The lowest BCUT2D eigenvalue weighted by molar-refractivity contribution is -0.123. The van der Waals surface area contributed by atoms with Gasteiger partial charge in [0.2, 0.25) is 5.91 Å². The fourth-order valence-electron chi connectivity index (χ4n) is 5.27. The molecule has 0 aromatic rings. The van der Waals surface area contributed by atoms with Crippen molar-refractivity contribution in [2.75, 3.05) is 6.54 Å². The number of aliphatic hydroxyl groups excluding tert-OH is 1. The maximum absolute atomic E-state index is 12.2. The molecule has 3 heteroatoms. The third kappa shape index (κ3) is 1.63. The zero-order valence-electron chi connectivity index (χ0n) is 10.8. The van der Waals surface area contributed by atoms with Crippen LogP contribution in [0.2, 0.25) is 0 Å². The van der Waals surface area contributed by atoms with Crippen molar-refractivity contribution < 1.29 is 9.90 Å². The van der Waals surface area contributed by atoms with Crippen LogP contribution in [0.5, 0.6) is 0 Å². The van der Waals surface area contributed by atoms with E-state index in [9.17, 15) is 9.90 Å². The molecular weight excluding hydrogens is 226 g/mol. The Morgan fingerprint density at radius 1 is 1.06 bits per heavy atom. The first-order chi connectivity index (χ1) is 8.74. The molecule has 100 valence electrons. The Labute approximate surface area is 108 Å². The van der Waals surface area contributed by atoms with E-state index in [4.69, 9.17) is 0 Å². The highest BCUT2D eigenvalue weighted by molar-refractivity contribution is 5.82. The number of hydrogen-bond acceptors (Lipinski definition) is 2. The minimum atomic E-state index is -0.122. The molecule has 3 nitrogen and oxygen atoms in total. The van der Waals surface area contributed by atoms with Crippen molar-refractivity contribution in [3.05, 3.63) is 0 Å². The molecule has 4 fully saturated rings. The largest absolute Gasteiger partial charge is 0.393 e. The summed E-state index contributed by atoms with van der Waals surface area (Å²) in [5.41, 5.74) is 0. The van der Waals surface area contributed by atoms with Gasteiger partial charge in [-0.3, -0.25) is 4.79 Å². The molecule has 4 rings (SSSR count). The number of carbonyl (C=O) groups is 1. The molecule has 2 N–H and O–H groups in total. The molecule has 0 spiro atoms. The highest BCUT2D eigenvalue weighted by Gasteiger charge is 2.67. The van der Waals surface area contributed by atoms with Gasteiger partial charge >= 0.3 is 0 Å². The number of carbonyl (C=O) groups excluding carboxylic acids is 1. The van der Waals surface area contributed by atoms with Crippen molar-refractivity contribution in [3.8, 4) is 0 Å². The highest BCUT2D eigenvalue weighted by Crippen LogP contribution is 2.69. The predicted molar refractivity (Wildman–Crippen MR) is 67.7 cm³/mol. The molecule has 0 aromatic carbocycles. The zero-order valence-corrected chi connectivity index (χ0v) is 10.8. The second-order valence-electron chi connectivity index (χ2n) is 7.09. The molecular formula is C15H23NO2. The lowest BCUT2D eigenvalue weighted by atomic mass is 10.0. The van der Waals surface area contributed by atoms with Crippen LogP contribution in [0.3, 0.4) is 0 Å². The van der Waals surface area contributed by atoms with Crippen LogP contribution < -0.4 is 5.32 Å². The van der Waals surface area contributed by atoms with E-state index in [1.54, 1.807) is 0 Å². The van der Waals surface area contributed by atoms with Crippen LogP contribution in [0, 0.1) is 35.5 Å². The molecule has 4 aliphatic carbocycles. The molecule has 18 heavy (non-hydrogen) atoms. The summed E-state index contributed by atoms with van der Waals surface area (Å²) in [5.74, 6) is 4.45. The van der Waals surface area contributed by atoms with E-state index in [2.05, 4.69) is 5.32 Å². The van der Waals surface area contributed by atoms with E-state index in [0.29, 0.717) is 17.7 Å². The Morgan fingerprint density at radius 3 is 2.39 bits per heavy atom. The standard InChI is InChI=1S/C15H23NO2/c17-11-4-1-8(5-11)7-16-15(18)14-12-9-2-3-10(6-9)13(12)14/h8-14,17H,1-7H2,(H,16,18). The Kier molecular flexibility index (Phi) is 2.48. The van der Waals surface area contributed by atoms with Gasteiger partial charge < -0.3 is 10.4 Å². The first-order valence-corrected chi connectivity index (χ1v) is 7.70. The lowest BCUT2D eigenvalue weighted by Gasteiger charge is -2.13. The molecule has 6 unspecified atom stereocenters. The fraction of sp³-hybridized carbons (Fsp3) is 0.933. The molecule has 4 saturated carbocycles. The van der Waals surface area contributed by atoms with Gasteiger partial charge in [0.25, 0.3) is 0 Å². The zero-order chi connectivity index (χ0) is 12.3. The third-order valence-electron chi connectivity index (χ3n) is 6.12. The summed E-state index contributed by atoms with van der Waals surface area (Å²) in [4.78, 5) is 12.2. The molecule has 0 radical (unpaired) electrons. The smallest absolute Gasteiger partial charge is 0.223 e. The lowest BCUT2D eigenvalue weighted by Crippen LogP contribution is -2.31. The second-order valence-corrected chi connectivity index (χ2v) is 7.09. The minimum absolute atomic E-state index is 0.122. The maximum Gasteiger partial charge on any atom is 0.223 e. The SMILES string of the molecule is O=C(NCC1CCC(O)C1)C1C2C3CCC(C3)C12. The van der Waals surface area contributed by atoms with Crippen molar-refractivity contribution in [2.45, 2.75) is 44.6 Å². The van der Waals surface area contributed by atoms with Crippen molar-refractivity contribution in [1.29, 1.82) is 0 Å². The molecule has 0 aliphatic heterocycles. The summed E-state index contributed by atoms with van der Waals surface area (Å²) in [5, 5.41) is 12.6. The van der Waals surface area contributed by atoms with Crippen molar-refractivity contribution in [2.24, 2.45) is 35.5 Å². The van der Waals surface area contributed by atoms with Gasteiger partial charge in [0.05, 0.1) is 6.10 Å². The monoisotopic (exact) mass is 249 g/mol. The van der Waals surface area contributed by atoms with E-state index in [1.807, 2.05) is 0 Å². The summed E-state index contributed by atoms with van der Waals surface area (Å²) >= 11 is 0. The second kappa shape index (κ2) is 3.96. The van der Waals surface area contributed by atoms with Crippen LogP contribution in [0.25, 0.3) is 0 Å². The van der Waals surface area contributed by atoms with Gasteiger partial charge in [0.15, 0.2) is 0 Å². The maximum atomic E-state index is 12.2. The number of aliphatic hydroxyl groups is 1. The molecule has 0 aromatic heterocycles. The van der Waals surface area contributed by atoms with E-state index >= 15 is 0 Å². The third-order valence-corrected chi connectivity index (χ3v) is 6.12. The van der Waals surface area contributed by atoms with Gasteiger partial charge in [-0.2, -0.15) is 0 Å². The Hall–Kier alpha value is -0.570. The summed E-state index contributed by atoms with van der Waals surface area (Å²) in [6.45, 7) is 0.793. The number of amides is 1. The Bertz CT molecular complexity index is 354. The van der Waals surface area contributed by atoms with Crippen molar-refractivity contribution in [1.82, 2.24) is 5.32 Å². The summed E-state index contributed by atoms with van der Waals surface area (Å²) in [7, 11) is 0. The number of hydrogen-bond donors (Lipinski definition) is 2. The first kappa shape index (κ1) is 11.3. The molecule has 4 aliphatic rings.